The van der Waals surface area contributed by atoms with E-state index in [9.17, 15) is 26.7 Å². The highest BCUT2D eigenvalue weighted by atomic mass is 79.9. The third-order valence-electron chi connectivity index (χ3n) is 19.1. The molecule has 0 unspecified atom stereocenters. The number of likely N-dealkylation sites (N-methyl/N-ethyl adjacent to an activating group) is 2. The summed E-state index contributed by atoms with van der Waals surface area (Å²) in [5, 5.41) is 18.8. The summed E-state index contributed by atoms with van der Waals surface area (Å²) in [6.45, 7) is 13.5. The number of fused-ring (bicyclic) bond motifs is 2. The number of methoxy groups -OCH3 is 2. The molecule has 4 fully saturated rings. The number of nitrogens with zero attached hydrogens (tertiary/aromatic N) is 19. The summed E-state index contributed by atoms with van der Waals surface area (Å²) >= 11 is 12.8. The monoisotopic (exact) mass is 1690 g/mol. The van der Waals surface area contributed by atoms with Crippen LogP contribution in [0.5, 0.6) is 11.5 Å². The quantitative estimate of drug-likeness (QED) is 0.0269. The number of halogens is 7. The average Bonchev–Trinajstić information content (AvgIpc) is 0.944. The van der Waals surface area contributed by atoms with Crippen LogP contribution in [0.4, 0.5) is 69.3 Å². The number of piperazine rings is 2. The molecule has 5 N–H and O–H groups in total. The highest BCUT2D eigenvalue weighted by Crippen LogP contribution is 2.46. The number of anilines is 9. The van der Waals surface area contributed by atoms with Gasteiger partial charge in [-0.05, 0) is 155 Å². The summed E-state index contributed by atoms with van der Waals surface area (Å²) in [5.74, 6) is 2.29. The van der Waals surface area contributed by atoms with Crippen LogP contribution in [0.2, 0.25) is 5.28 Å². The van der Waals surface area contributed by atoms with Crippen LogP contribution in [0, 0.1) is 0 Å². The Bertz CT molecular complexity index is 4880. The van der Waals surface area contributed by atoms with E-state index in [2.05, 4.69) is 150 Å². The molecule has 27 nitrogen and oxygen atoms in total. The lowest BCUT2D eigenvalue weighted by atomic mass is 9.98. The molecule has 6 aromatic heterocycles. The molecule has 0 amide bonds. The molecule has 4 aliphatic heterocycles. The highest BCUT2D eigenvalue weighted by molar-refractivity contribution is 9.11. The molecule has 0 radical (unpaired) electrons. The molecule has 10 heterocycles. The number of nitrogens with one attached hydrogen (secondary N) is 3. The number of nitrogens with two attached hydrogens (primary N) is 1. The van der Waals surface area contributed by atoms with Crippen molar-refractivity contribution in [3.05, 3.63) is 125 Å². The van der Waals surface area contributed by atoms with Gasteiger partial charge in [0.1, 0.15) is 48.5 Å². The van der Waals surface area contributed by atoms with Crippen molar-refractivity contribution in [1.29, 1.82) is 0 Å². The Balaban J connectivity index is 0.000000174. The number of piperidine rings is 2. The number of rotatable bonds is 18. The van der Waals surface area contributed by atoms with Gasteiger partial charge in [0.15, 0.2) is 0 Å². The molecule has 4 aliphatic rings. The lowest BCUT2D eigenvalue weighted by Gasteiger charge is -2.43. The maximum atomic E-state index is 13.7. The first-order chi connectivity index (χ1) is 51.7. The number of aromatic nitrogens is 12. The number of benzene rings is 4. The Morgan fingerprint density at radius 3 is 1.41 bits per heavy atom. The molecule has 0 aliphatic carbocycles. The predicted octanol–water partition coefficient (Wildman–Crippen LogP) is 13.9. The Hall–Kier alpha value is -8.09. The van der Waals surface area contributed by atoms with E-state index in [0.29, 0.717) is 120 Å². The van der Waals surface area contributed by atoms with Crippen molar-refractivity contribution in [3.63, 3.8) is 0 Å². The smallest absolute Gasteiger partial charge is 0.333 e. The van der Waals surface area contributed by atoms with Crippen molar-refractivity contribution in [3.8, 4) is 33.8 Å². The number of alkyl halides is 4. The average molecular weight is 1690 g/mol. The largest absolute Gasteiger partial charge is 0.495 e. The van der Waals surface area contributed by atoms with Gasteiger partial charge in [-0.1, -0.05) is 0 Å². The zero-order chi connectivity index (χ0) is 77.1. The predicted molar refractivity (Wildman–Crippen MR) is 432 cm³/mol. The molecule has 4 saturated heterocycles. The van der Waals surface area contributed by atoms with Gasteiger partial charge in [-0.3, -0.25) is 34.5 Å². The number of ether oxygens (including phenoxy) is 2. The van der Waals surface area contributed by atoms with Gasteiger partial charge in [-0.25, -0.2) is 19.3 Å². The molecule has 4 aromatic carbocycles. The molecular weight excluding hydrogens is 1600 g/mol. The first-order valence-electron chi connectivity index (χ1n) is 34.8. The number of hydrogen-bond acceptors (Lipinski definition) is 25. The van der Waals surface area contributed by atoms with Crippen LogP contribution < -0.4 is 51.6 Å². The standard InChI is InChI=1S/C35H41BrF2N11O2P.C21H30F2N6O.C14H12BrClN5OP.CH4NP/c1-46-13-15-47(16-14-46)23-7-11-48(12-8-23)29-18-30(51-2)28(17-24(29)22-19-42-49(21-22)34(37)38)44-35-41-20-25(36)33(45-35)43-27-6-5-26-31(40-10-9-39-26)32(27)52(3,4)50;1-26-7-9-27(10-8-26)16-3-5-28(6-4-16)19-12-20(30-2)18(24)11-17(19)15-13-25-29(14-15)21(22)23;1-23(2,22)12-10(4-3-9-11(12)18-6-5-17-9)20-13-8(15)7-19-14(16)21-13;1-2-3/h5-6,9-10,17-21,23,34H,7-8,11-16H2,1-4H3,(H2,41,43,44,45);11-14,16,21H,3-10,24H2,1-2H3;3-7H,1-2H3,(H,19,20,21);3H,1H3. The first kappa shape index (κ1) is 80.9. The lowest BCUT2D eigenvalue weighted by Crippen LogP contribution is -2.52. The molecule has 108 heavy (non-hydrogen) atoms. The van der Waals surface area contributed by atoms with Gasteiger partial charge in [-0.15, -0.1) is 0 Å². The van der Waals surface area contributed by atoms with E-state index in [1.807, 2.05) is 42.5 Å². The van der Waals surface area contributed by atoms with Crippen molar-refractivity contribution >= 4 is 151 Å². The Labute approximate surface area is 648 Å². The Morgan fingerprint density at radius 1 is 0.565 bits per heavy atom. The fraction of sp³-hybridized carbons (Fsp3) is 0.408. The fourth-order valence-electron chi connectivity index (χ4n) is 13.7. The maximum Gasteiger partial charge on any atom is 0.333 e. The molecule has 0 spiro atoms. The van der Waals surface area contributed by atoms with E-state index in [0.717, 1.165) is 127 Å². The fourth-order valence-corrected chi connectivity index (χ4v) is 17.2. The second kappa shape index (κ2) is 36.2. The first-order valence-corrected chi connectivity index (χ1v) is 42.4. The summed E-state index contributed by atoms with van der Waals surface area (Å²) in [7, 11) is 6.55. The van der Waals surface area contributed by atoms with Crippen molar-refractivity contribution < 1.29 is 36.2 Å². The Morgan fingerprint density at radius 2 is 0.981 bits per heavy atom. The zero-order valence-electron chi connectivity index (χ0n) is 61.3. The summed E-state index contributed by atoms with van der Waals surface area (Å²) in [5.41, 5.74) is 15.4. The van der Waals surface area contributed by atoms with Crippen LogP contribution >= 0.6 is 66.8 Å². The van der Waals surface area contributed by atoms with Gasteiger partial charge in [0.25, 0.3) is 0 Å². The third-order valence-corrected chi connectivity index (χ3v) is 23.5. The van der Waals surface area contributed by atoms with E-state index in [1.165, 1.54) is 24.8 Å². The van der Waals surface area contributed by atoms with Gasteiger partial charge in [-0.2, -0.15) is 37.7 Å². The topological polar surface area (TPSA) is 285 Å². The van der Waals surface area contributed by atoms with Crippen LogP contribution in [0.1, 0.15) is 38.8 Å². The molecule has 0 bridgehead atoms. The second-order valence-corrected chi connectivity index (χ2v) is 35.9. The summed E-state index contributed by atoms with van der Waals surface area (Å²) in [6, 6.07) is 15.9. The van der Waals surface area contributed by atoms with Crippen LogP contribution in [0.25, 0.3) is 44.3 Å². The SMILES string of the molecule is CN=P.COc1cc(N2CCC(N3CCN(C)CC3)CC2)c(-c2cnn(C(F)F)c2)cc1N.COc1cc(N2CCC(N3CCN(C)CC3)CC2)c(-c2cnn(C(F)F)c2)cc1Nc1ncc(Br)c(Nc2ccc3nccnc3c2P(C)(C)=O)n1.CP(C)(=O)c1c(Nc2nc(Cl)ncc2Br)ccc2nccnc12. The molecule has 10 aromatic rings. The molecule has 37 heteroatoms. The number of nitrogen functional groups attached to an aromatic ring is 1. The third kappa shape index (κ3) is 19.7. The van der Waals surface area contributed by atoms with Gasteiger partial charge < -0.3 is 59.9 Å². The maximum absolute atomic E-state index is 13.7. The lowest BCUT2D eigenvalue weighted by molar-refractivity contribution is 0.0562. The van der Waals surface area contributed by atoms with Crippen molar-refractivity contribution in [2.75, 3.05) is 172 Å². The summed E-state index contributed by atoms with van der Waals surface area (Å²) in [4.78, 5) is 49.3. The van der Waals surface area contributed by atoms with E-state index >= 15 is 0 Å². The van der Waals surface area contributed by atoms with Gasteiger partial charge in [0.2, 0.25) is 11.2 Å². The van der Waals surface area contributed by atoms with Crippen LogP contribution in [0.3, 0.4) is 0 Å². The van der Waals surface area contributed by atoms with E-state index in [1.54, 1.807) is 91.2 Å². The zero-order valence-corrected chi connectivity index (χ0v) is 68.0. The van der Waals surface area contributed by atoms with Crippen molar-refractivity contribution in [2.45, 2.75) is 50.9 Å². The number of hydrogen-bond donors (Lipinski definition) is 4. The normalized spacial score (nSPS) is 16.0. The minimum Gasteiger partial charge on any atom is -0.495 e. The molecule has 574 valence electrons. The van der Waals surface area contributed by atoms with E-state index in [4.69, 9.17) is 31.8 Å². The van der Waals surface area contributed by atoms with Crippen LogP contribution in [0.15, 0.2) is 124 Å². The van der Waals surface area contributed by atoms with Gasteiger partial charge in [0.05, 0.1) is 80.0 Å². The highest BCUT2D eigenvalue weighted by Gasteiger charge is 2.32. The minimum absolute atomic E-state index is 0.119. The van der Waals surface area contributed by atoms with Crippen molar-refractivity contribution in [2.24, 2.45) is 4.74 Å². The van der Waals surface area contributed by atoms with Crippen molar-refractivity contribution in [1.82, 2.24) is 79.0 Å². The van der Waals surface area contributed by atoms with E-state index in [-0.39, 0.29) is 11.2 Å². The van der Waals surface area contributed by atoms with Gasteiger partial charge >= 0.3 is 13.1 Å². The summed E-state index contributed by atoms with van der Waals surface area (Å²) < 4.78 is 96.9. The second-order valence-electron chi connectivity index (χ2n) is 27.1. The summed E-state index contributed by atoms with van der Waals surface area (Å²) in [6.07, 6.45) is 19.3. The molecular formula is C71H87Br2ClF4N23O4P3. The molecule has 14 rings (SSSR count). The molecule has 0 saturated carbocycles. The van der Waals surface area contributed by atoms with E-state index < -0.39 is 27.4 Å². The van der Waals surface area contributed by atoms with Gasteiger partial charge in [0, 0.05) is 193 Å². The van der Waals surface area contributed by atoms with Crippen LogP contribution in [-0.2, 0) is 9.13 Å². The molecule has 0 atom stereocenters. The minimum atomic E-state index is -2.82. The Kier molecular flexibility index (Phi) is 27.1. The van der Waals surface area contributed by atoms with Crippen LogP contribution in [-0.4, -0.2) is 232 Å².